The lowest BCUT2D eigenvalue weighted by molar-refractivity contribution is -1.02. The van der Waals surface area contributed by atoms with Crippen molar-refractivity contribution in [2.24, 2.45) is 5.92 Å². The summed E-state index contributed by atoms with van der Waals surface area (Å²) in [6.07, 6.45) is 7.30. The van der Waals surface area contributed by atoms with Crippen LogP contribution in [0.4, 0.5) is 0 Å². The summed E-state index contributed by atoms with van der Waals surface area (Å²) in [5, 5.41) is 14.0. The smallest absolute Gasteiger partial charge is 0.139 e. The second-order valence-corrected chi connectivity index (χ2v) is 10.8. The Labute approximate surface area is 222 Å². The number of fused-ring (bicyclic) bond motifs is 2. The van der Waals surface area contributed by atoms with Crippen molar-refractivity contribution in [2.75, 3.05) is 20.8 Å². The van der Waals surface area contributed by atoms with E-state index in [0.717, 1.165) is 64.5 Å². The molecule has 5 nitrogen and oxygen atoms in total. The number of aromatic nitrogens is 1. The predicted octanol–water partition coefficient (Wildman–Crippen LogP) is 6.74. The van der Waals surface area contributed by atoms with E-state index in [2.05, 4.69) is 17.6 Å². The SMILES string of the molecule is C=CC1CCC(C(O)c2ccnc3ccc(OC)cc23)[N+]2(Cc3ccc(OC)c(Cl)c3Cl)CCC2C1. The van der Waals surface area contributed by atoms with Crippen LogP contribution in [0.2, 0.25) is 10.0 Å². The van der Waals surface area contributed by atoms with Crippen molar-refractivity contribution < 1.29 is 19.1 Å². The number of rotatable bonds is 7. The molecular weight excluding hydrogens is 495 g/mol. The number of aliphatic hydroxyl groups excluding tert-OH is 1. The Kier molecular flexibility index (Phi) is 7.19. The van der Waals surface area contributed by atoms with Gasteiger partial charge in [0.05, 0.1) is 37.3 Å². The second kappa shape index (κ2) is 10.2. The molecule has 2 fully saturated rings. The first-order chi connectivity index (χ1) is 17.4. The van der Waals surface area contributed by atoms with Gasteiger partial charge in [0.25, 0.3) is 0 Å². The highest BCUT2D eigenvalue weighted by atomic mass is 35.5. The van der Waals surface area contributed by atoms with E-state index in [0.29, 0.717) is 34.3 Å². The average Bonchev–Trinajstić information content (AvgIpc) is 3.00. The van der Waals surface area contributed by atoms with Crippen LogP contribution in [0.1, 0.15) is 42.9 Å². The number of hydrogen-bond acceptors (Lipinski definition) is 4. The maximum Gasteiger partial charge on any atom is 0.139 e. The summed E-state index contributed by atoms with van der Waals surface area (Å²) in [6, 6.07) is 12.1. The van der Waals surface area contributed by atoms with E-state index >= 15 is 0 Å². The molecule has 1 N–H and O–H groups in total. The number of hydrogen-bond donors (Lipinski definition) is 1. The lowest BCUT2D eigenvalue weighted by atomic mass is 9.85. The third-order valence-corrected chi connectivity index (χ3v) is 9.39. The van der Waals surface area contributed by atoms with Gasteiger partial charge in [-0.2, -0.15) is 0 Å². The summed E-state index contributed by atoms with van der Waals surface area (Å²) in [7, 11) is 3.25. The first kappa shape index (κ1) is 25.3. The summed E-state index contributed by atoms with van der Waals surface area (Å²) in [5.74, 6) is 1.76. The minimum atomic E-state index is -0.665. The number of nitrogens with zero attached hydrogens (tertiary/aromatic N) is 2. The molecule has 7 heteroatoms. The third kappa shape index (κ3) is 4.26. The van der Waals surface area contributed by atoms with Crippen LogP contribution in [-0.2, 0) is 6.54 Å². The molecule has 5 atom stereocenters. The molecule has 2 aromatic carbocycles. The number of benzene rings is 2. The minimum Gasteiger partial charge on any atom is -0.497 e. The van der Waals surface area contributed by atoms with Crippen LogP contribution < -0.4 is 9.47 Å². The quantitative estimate of drug-likeness (QED) is 0.273. The van der Waals surface area contributed by atoms with Gasteiger partial charge in [0, 0.05) is 36.4 Å². The van der Waals surface area contributed by atoms with Crippen molar-refractivity contribution in [2.45, 2.75) is 50.4 Å². The first-order valence-corrected chi connectivity index (χ1v) is 13.3. The van der Waals surface area contributed by atoms with Gasteiger partial charge in [0.15, 0.2) is 0 Å². The number of halogens is 2. The number of methoxy groups -OCH3 is 2. The first-order valence-electron chi connectivity index (χ1n) is 12.5. The highest BCUT2D eigenvalue weighted by Crippen LogP contribution is 2.49. The Balaban J connectivity index is 1.59. The third-order valence-electron chi connectivity index (χ3n) is 8.48. The number of ether oxygens (including phenoxy) is 2. The molecule has 2 aliphatic rings. The molecule has 1 aromatic heterocycles. The Hall–Kier alpha value is -2.31. The summed E-state index contributed by atoms with van der Waals surface area (Å²) >= 11 is 13.3. The molecule has 3 aromatic rings. The van der Waals surface area contributed by atoms with Crippen LogP contribution in [0.3, 0.4) is 0 Å². The molecule has 2 saturated heterocycles. The molecule has 5 unspecified atom stereocenters. The Bertz CT molecular complexity index is 1280. The highest BCUT2D eigenvalue weighted by Gasteiger charge is 2.55. The summed E-state index contributed by atoms with van der Waals surface area (Å²) < 4.78 is 11.6. The number of pyridine rings is 1. The fraction of sp³-hybridized carbons (Fsp3) is 0.414. The zero-order valence-electron chi connectivity index (χ0n) is 20.8. The second-order valence-electron chi connectivity index (χ2n) is 10.1. The maximum absolute atomic E-state index is 12.1. The standard InChI is InChI=1S/C29H33Cl2N2O3/c1-4-18-5-9-25(29(34)22-11-13-32-24-8-7-21(35-2)16-23(22)24)33(14-12-20(33)15-18)17-19-6-10-26(36-3)28(31)27(19)30/h4,6-8,10-11,13,16,18,20,25,29,34H,1,5,9,12,14-15,17H2,2-3H3/q+1. The van der Waals surface area contributed by atoms with Gasteiger partial charge in [-0.1, -0.05) is 29.3 Å². The van der Waals surface area contributed by atoms with Crippen molar-refractivity contribution in [3.63, 3.8) is 0 Å². The highest BCUT2D eigenvalue weighted by molar-refractivity contribution is 6.43. The molecule has 0 aliphatic carbocycles. The lowest BCUT2D eigenvalue weighted by Gasteiger charge is -2.57. The van der Waals surface area contributed by atoms with Crippen LogP contribution in [0.15, 0.2) is 55.3 Å². The van der Waals surface area contributed by atoms with E-state index < -0.39 is 6.10 Å². The number of allylic oxidation sites excluding steroid dienone is 1. The zero-order valence-corrected chi connectivity index (χ0v) is 22.3. The van der Waals surface area contributed by atoms with Crippen molar-refractivity contribution in [1.29, 1.82) is 0 Å². The predicted molar refractivity (Wildman–Crippen MR) is 145 cm³/mol. The summed E-state index contributed by atoms with van der Waals surface area (Å²) in [5.41, 5.74) is 2.73. The lowest BCUT2D eigenvalue weighted by Crippen LogP contribution is -2.69. The molecule has 3 heterocycles. The molecule has 0 bridgehead atoms. The van der Waals surface area contributed by atoms with E-state index in [1.807, 2.05) is 36.4 Å². The van der Waals surface area contributed by atoms with Crippen LogP contribution in [0.5, 0.6) is 11.5 Å². The number of quaternary nitrogens is 1. The molecule has 0 amide bonds. The maximum atomic E-state index is 12.1. The van der Waals surface area contributed by atoms with Gasteiger partial charge >= 0.3 is 0 Å². The van der Waals surface area contributed by atoms with Gasteiger partial charge in [-0.3, -0.25) is 4.98 Å². The van der Waals surface area contributed by atoms with Crippen molar-refractivity contribution in [3.8, 4) is 11.5 Å². The van der Waals surface area contributed by atoms with Crippen molar-refractivity contribution >= 4 is 34.1 Å². The van der Waals surface area contributed by atoms with Crippen molar-refractivity contribution in [1.82, 2.24) is 4.98 Å². The van der Waals surface area contributed by atoms with E-state index in [1.54, 1.807) is 20.4 Å². The normalized spacial score (nSPS) is 26.4. The Morgan fingerprint density at radius 3 is 2.64 bits per heavy atom. The van der Waals surface area contributed by atoms with Crippen LogP contribution in [-0.4, -0.2) is 47.4 Å². The van der Waals surface area contributed by atoms with Crippen LogP contribution >= 0.6 is 23.2 Å². The monoisotopic (exact) mass is 527 g/mol. The Morgan fingerprint density at radius 1 is 1.11 bits per heavy atom. The van der Waals surface area contributed by atoms with E-state index in [4.69, 9.17) is 32.7 Å². The molecule has 190 valence electrons. The Morgan fingerprint density at radius 2 is 1.94 bits per heavy atom. The van der Waals surface area contributed by atoms with Gasteiger partial charge in [-0.05, 0) is 54.3 Å². The fourth-order valence-electron chi connectivity index (χ4n) is 6.40. The summed E-state index contributed by atoms with van der Waals surface area (Å²) in [4.78, 5) is 4.53. The fourth-order valence-corrected chi connectivity index (χ4v) is 6.88. The van der Waals surface area contributed by atoms with Crippen LogP contribution in [0, 0.1) is 5.92 Å². The van der Waals surface area contributed by atoms with Crippen LogP contribution in [0.25, 0.3) is 10.9 Å². The van der Waals surface area contributed by atoms with Gasteiger partial charge in [-0.15, -0.1) is 6.58 Å². The number of aliphatic hydroxyl groups is 1. The molecule has 0 radical (unpaired) electrons. The largest absolute Gasteiger partial charge is 0.497 e. The van der Waals surface area contributed by atoms with Gasteiger partial charge in [0.2, 0.25) is 0 Å². The van der Waals surface area contributed by atoms with Crippen molar-refractivity contribution in [3.05, 3.63) is 76.4 Å². The molecule has 36 heavy (non-hydrogen) atoms. The van der Waals surface area contributed by atoms with E-state index in [-0.39, 0.29) is 6.04 Å². The van der Waals surface area contributed by atoms with Gasteiger partial charge < -0.3 is 19.1 Å². The zero-order chi connectivity index (χ0) is 25.4. The summed E-state index contributed by atoms with van der Waals surface area (Å²) in [6.45, 7) is 5.81. The topological polar surface area (TPSA) is 51.6 Å². The average molecular weight is 529 g/mol. The molecular formula is C29H33Cl2N2O3+. The molecule has 0 spiro atoms. The van der Waals surface area contributed by atoms with E-state index in [1.165, 1.54) is 0 Å². The molecule has 5 rings (SSSR count). The van der Waals surface area contributed by atoms with E-state index in [9.17, 15) is 5.11 Å². The molecule has 0 saturated carbocycles. The minimum absolute atomic E-state index is 0.00226. The molecule has 2 aliphatic heterocycles. The van der Waals surface area contributed by atoms with Gasteiger partial charge in [0.1, 0.15) is 35.2 Å². The van der Waals surface area contributed by atoms with Gasteiger partial charge in [-0.25, -0.2) is 0 Å².